The summed E-state index contributed by atoms with van der Waals surface area (Å²) < 4.78 is 39.2. The molecule has 2 heterocycles. The summed E-state index contributed by atoms with van der Waals surface area (Å²) in [5.41, 5.74) is -0.642. The van der Waals surface area contributed by atoms with Crippen LogP contribution < -0.4 is 0 Å². The van der Waals surface area contributed by atoms with Gasteiger partial charge in [0.2, 0.25) is 0 Å². The maximum absolute atomic E-state index is 12.8. The first-order valence-corrected chi connectivity index (χ1v) is 5.54. The van der Waals surface area contributed by atoms with E-state index >= 15 is 0 Å². The number of aryl methyl sites for hydroxylation is 2. The van der Waals surface area contributed by atoms with Crippen molar-refractivity contribution in [3.05, 3.63) is 40.8 Å². The molecule has 0 saturated heterocycles. The molecule has 2 aromatic heterocycles. The van der Waals surface area contributed by atoms with Crippen molar-refractivity contribution in [2.24, 2.45) is 0 Å². The number of halogens is 3. The highest BCUT2D eigenvalue weighted by molar-refractivity contribution is 5.86. The van der Waals surface area contributed by atoms with Crippen LogP contribution in [0.3, 0.4) is 0 Å². The SMILES string of the molecule is Cc1cc(C(F)(F)F)cc(-n2nc(C)cc2C(=O)O)n1. The average Bonchev–Trinajstić information content (AvgIpc) is 2.69. The van der Waals surface area contributed by atoms with Gasteiger partial charge in [-0.2, -0.15) is 18.3 Å². The Morgan fingerprint density at radius 2 is 1.85 bits per heavy atom. The molecule has 0 saturated carbocycles. The molecule has 0 aromatic carbocycles. The second-order valence-electron chi connectivity index (χ2n) is 4.24. The van der Waals surface area contributed by atoms with E-state index in [1.807, 2.05) is 0 Å². The highest BCUT2D eigenvalue weighted by Gasteiger charge is 2.32. The minimum Gasteiger partial charge on any atom is -0.477 e. The van der Waals surface area contributed by atoms with Crippen molar-refractivity contribution >= 4 is 5.97 Å². The van der Waals surface area contributed by atoms with Gasteiger partial charge < -0.3 is 5.11 Å². The van der Waals surface area contributed by atoms with Crippen LogP contribution in [0, 0.1) is 13.8 Å². The van der Waals surface area contributed by atoms with Gasteiger partial charge in [0.25, 0.3) is 0 Å². The topological polar surface area (TPSA) is 68.0 Å². The van der Waals surface area contributed by atoms with E-state index in [-0.39, 0.29) is 17.2 Å². The second-order valence-corrected chi connectivity index (χ2v) is 4.24. The fraction of sp³-hybridized carbons (Fsp3) is 0.250. The van der Waals surface area contributed by atoms with Crippen molar-refractivity contribution in [3.63, 3.8) is 0 Å². The first-order valence-electron chi connectivity index (χ1n) is 5.54. The Morgan fingerprint density at radius 3 is 2.40 bits per heavy atom. The maximum Gasteiger partial charge on any atom is 0.416 e. The van der Waals surface area contributed by atoms with Crippen LogP contribution in [0.2, 0.25) is 0 Å². The number of pyridine rings is 1. The Morgan fingerprint density at radius 1 is 1.20 bits per heavy atom. The summed E-state index contributed by atoms with van der Waals surface area (Å²) in [7, 11) is 0. The number of aromatic carboxylic acids is 1. The van der Waals surface area contributed by atoms with E-state index in [1.54, 1.807) is 6.92 Å². The van der Waals surface area contributed by atoms with Crippen molar-refractivity contribution in [1.82, 2.24) is 14.8 Å². The van der Waals surface area contributed by atoms with Gasteiger partial charge in [-0.05, 0) is 32.0 Å². The largest absolute Gasteiger partial charge is 0.477 e. The number of carboxylic acid groups (broad SMARTS) is 1. The lowest BCUT2D eigenvalue weighted by atomic mass is 10.2. The first-order chi connectivity index (χ1) is 9.18. The van der Waals surface area contributed by atoms with E-state index in [4.69, 9.17) is 5.11 Å². The molecule has 0 fully saturated rings. The summed E-state index contributed by atoms with van der Waals surface area (Å²) in [6.07, 6.45) is -4.53. The maximum atomic E-state index is 12.8. The van der Waals surface area contributed by atoms with Gasteiger partial charge in [-0.25, -0.2) is 14.5 Å². The monoisotopic (exact) mass is 285 g/mol. The molecule has 5 nitrogen and oxygen atoms in total. The normalized spacial score (nSPS) is 11.7. The van der Waals surface area contributed by atoms with Gasteiger partial charge >= 0.3 is 12.1 Å². The van der Waals surface area contributed by atoms with Crippen LogP contribution in [-0.2, 0) is 6.18 Å². The van der Waals surface area contributed by atoms with Gasteiger partial charge in [0.1, 0.15) is 0 Å². The molecule has 20 heavy (non-hydrogen) atoms. The molecule has 0 atom stereocenters. The molecule has 0 aliphatic heterocycles. The summed E-state index contributed by atoms with van der Waals surface area (Å²) in [6.45, 7) is 2.94. The number of carboxylic acids is 1. The molecule has 0 amide bonds. The van der Waals surface area contributed by atoms with Crippen LogP contribution in [-0.4, -0.2) is 25.8 Å². The Balaban J connectivity index is 2.64. The third-order valence-electron chi connectivity index (χ3n) is 2.53. The summed E-state index contributed by atoms with van der Waals surface area (Å²) in [4.78, 5) is 15.0. The van der Waals surface area contributed by atoms with Gasteiger partial charge in [-0.15, -0.1) is 0 Å². The standard InChI is InChI=1S/C12H10F3N3O2/c1-6-3-8(12(13,14)15)5-10(16-6)18-9(11(19)20)4-7(2)17-18/h3-5H,1-2H3,(H,19,20). The fourth-order valence-corrected chi connectivity index (χ4v) is 1.75. The summed E-state index contributed by atoms with van der Waals surface area (Å²) in [6, 6.07) is 2.92. The zero-order chi connectivity index (χ0) is 15.1. The van der Waals surface area contributed by atoms with Crippen molar-refractivity contribution in [3.8, 4) is 5.82 Å². The molecule has 8 heteroatoms. The highest BCUT2D eigenvalue weighted by atomic mass is 19.4. The molecule has 106 valence electrons. The molecule has 0 unspecified atom stereocenters. The van der Waals surface area contributed by atoms with Crippen LogP contribution in [0.4, 0.5) is 13.2 Å². The highest BCUT2D eigenvalue weighted by Crippen LogP contribution is 2.30. The van der Waals surface area contributed by atoms with Gasteiger partial charge in [0, 0.05) is 5.69 Å². The quantitative estimate of drug-likeness (QED) is 0.921. The summed E-state index contributed by atoms with van der Waals surface area (Å²) in [5, 5.41) is 12.9. The molecular formula is C12H10F3N3O2. The lowest BCUT2D eigenvalue weighted by Gasteiger charge is -2.10. The molecular weight excluding hydrogens is 275 g/mol. The third-order valence-corrected chi connectivity index (χ3v) is 2.53. The minimum absolute atomic E-state index is 0.124. The molecule has 0 aliphatic rings. The molecule has 2 rings (SSSR count). The molecule has 0 spiro atoms. The van der Waals surface area contributed by atoms with E-state index in [9.17, 15) is 18.0 Å². The fourth-order valence-electron chi connectivity index (χ4n) is 1.75. The Labute approximate surface area is 111 Å². The molecule has 2 aromatic rings. The van der Waals surface area contributed by atoms with Gasteiger partial charge in [-0.3, -0.25) is 0 Å². The molecule has 0 aliphatic carbocycles. The average molecular weight is 285 g/mol. The van der Waals surface area contributed by atoms with Crippen LogP contribution in [0.15, 0.2) is 18.2 Å². The lowest BCUT2D eigenvalue weighted by molar-refractivity contribution is -0.137. The number of aromatic nitrogens is 3. The number of carbonyl (C=O) groups is 1. The van der Waals surface area contributed by atoms with Gasteiger partial charge in [-0.1, -0.05) is 0 Å². The number of alkyl halides is 3. The van der Waals surface area contributed by atoms with Crippen molar-refractivity contribution in [2.45, 2.75) is 20.0 Å². The Bertz CT molecular complexity index is 677. The van der Waals surface area contributed by atoms with Gasteiger partial charge in [0.05, 0.1) is 11.3 Å². The van der Waals surface area contributed by atoms with Crippen LogP contribution in [0.1, 0.15) is 27.4 Å². The summed E-state index contributed by atoms with van der Waals surface area (Å²) in [5.74, 6) is -1.47. The third kappa shape index (κ3) is 2.63. The number of rotatable bonds is 2. The van der Waals surface area contributed by atoms with Crippen LogP contribution in [0.5, 0.6) is 0 Å². The smallest absolute Gasteiger partial charge is 0.416 e. The Kier molecular flexibility index (Phi) is 3.24. The minimum atomic E-state index is -4.53. The van der Waals surface area contributed by atoms with E-state index in [1.165, 1.54) is 13.0 Å². The molecule has 1 N–H and O–H groups in total. The molecule has 0 bridgehead atoms. The van der Waals surface area contributed by atoms with Crippen LogP contribution in [0.25, 0.3) is 5.82 Å². The number of nitrogens with zero attached hydrogens (tertiary/aromatic N) is 3. The predicted octanol–water partition coefficient (Wildman–Crippen LogP) is 2.60. The predicted molar refractivity (Wildman–Crippen MR) is 62.8 cm³/mol. The van der Waals surface area contributed by atoms with Gasteiger partial charge in [0.15, 0.2) is 11.5 Å². The van der Waals surface area contributed by atoms with Crippen molar-refractivity contribution in [2.75, 3.05) is 0 Å². The Hall–Kier alpha value is -2.38. The first kappa shape index (κ1) is 14.0. The summed E-state index contributed by atoms with van der Waals surface area (Å²) >= 11 is 0. The zero-order valence-corrected chi connectivity index (χ0v) is 10.6. The van der Waals surface area contributed by atoms with E-state index in [2.05, 4.69) is 10.1 Å². The van der Waals surface area contributed by atoms with Crippen LogP contribution >= 0.6 is 0 Å². The lowest BCUT2D eigenvalue weighted by Crippen LogP contribution is -2.13. The van der Waals surface area contributed by atoms with E-state index in [0.717, 1.165) is 16.8 Å². The van der Waals surface area contributed by atoms with Crippen molar-refractivity contribution in [1.29, 1.82) is 0 Å². The van der Waals surface area contributed by atoms with Crippen molar-refractivity contribution < 1.29 is 23.1 Å². The number of hydrogen-bond donors (Lipinski definition) is 1. The zero-order valence-electron chi connectivity index (χ0n) is 10.6. The molecule has 0 radical (unpaired) electrons. The van der Waals surface area contributed by atoms with E-state index in [0.29, 0.717) is 5.69 Å². The number of hydrogen-bond acceptors (Lipinski definition) is 3. The van der Waals surface area contributed by atoms with E-state index < -0.39 is 17.7 Å². The second kappa shape index (κ2) is 4.62.